The van der Waals surface area contributed by atoms with Gasteiger partial charge in [-0.15, -0.1) is 0 Å². The van der Waals surface area contributed by atoms with Crippen molar-refractivity contribution in [3.05, 3.63) is 64.7 Å². The lowest BCUT2D eigenvalue weighted by molar-refractivity contribution is -0.137. The highest BCUT2D eigenvalue weighted by Gasteiger charge is 2.32. The molecule has 0 spiro atoms. The highest BCUT2D eigenvalue weighted by Crippen LogP contribution is 2.41. The normalized spacial score (nSPS) is 17.9. The van der Waals surface area contributed by atoms with E-state index in [1.807, 2.05) is 0 Å². The van der Waals surface area contributed by atoms with Crippen molar-refractivity contribution in [1.29, 1.82) is 0 Å². The van der Waals surface area contributed by atoms with Crippen molar-refractivity contribution in [2.75, 3.05) is 26.4 Å². The minimum Gasteiger partial charge on any atom is -0.487 e. The van der Waals surface area contributed by atoms with Gasteiger partial charge in [0.2, 0.25) is 0 Å². The standard InChI is InChI=1S/C25H22ClF3N2O5/c26-20-10-18(25(27,28)29)11-30-22(20)16-8-17-12-31(24(32)15-3-6-33-13-15)4-7-35-23(17)21(9-16)36-14-19-2-1-5-34-19/h3,6,8-11,13,19H,1-2,4-5,7,12,14H2/t19-/m1/s1. The number of amides is 1. The van der Waals surface area contributed by atoms with E-state index in [0.717, 1.165) is 25.1 Å². The van der Waals surface area contributed by atoms with Crippen LogP contribution in [0.3, 0.4) is 0 Å². The number of furan rings is 1. The second-order valence-electron chi connectivity index (χ2n) is 8.55. The fourth-order valence-electron chi connectivity index (χ4n) is 4.23. The summed E-state index contributed by atoms with van der Waals surface area (Å²) in [5.74, 6) is 0.605. The second kappa shape index (κ2) is 10.0. The lowest BCUT2D eigenvalue weighted by Crippen LogP contribution is -2.32. The first-order chi connectivity index (χ1) is 17.3. The first-order valence-corrected chi connectivity index (χ1v) is 11.8. The molecule has 1 fully saturated rings. The Morgan fingerprint density at radius 2 is 2.11 bits per heavy atom. The Labute approximate surface area is 209 Å². The van der Waals surface area contributed by atoms with Crippen LogP contribution in [0.5, 0.6) is 11.5 Å². The average Bonchev–Trinajstić information content (AvgIpc) is 3.53. The molecule has 0 radical (unpaired) electrons. The van der Waals surface area contributed by atoms with E-state index in [-0.39, 0.29) is 42.5 Å². The molecule has 0 bridgehead atoms. The molecule has 0 N–H and O–H groups in total. The predicted octanol–water partition coefficient (Wildman–Crippen LogP) is 5.61. The molecule has 5 rings (SSSR count). The molecule has 190 valence electrons. The van der Waals surface area contributed by atoms with Crippen LogP contribution in [0, 0.1) is 0 Å². The summed E-state index contributed by atoms with van der Waals surface area (Å²) in [5, 5.41) is -0.157. The number of halogens is 4. The lowest BCUT2D eigenvalue weighted by Gasteiger charge is -2.20. The quantitative estimate of drug-likeness (QED) is 0.434. The maximum Gasteiger partial charge on any atom is 0.417 e. The lowest BCUT2D eigenvalue weighted by atomic mass is 10.0. The molecule has 1 aromatic carbocycles. The van der Waals surface area contributed by atoms with Gasteiger partial charge in [0, 0.05) is 30.5 Å². The zero-order chi connectivity index (χ0) is 25.3. The van der Waals surface area contributed by atoms with Crippen LogP contribution in [0.2, 0.25) is 5.02 Å². The van der Waals surface area contributed by atoms with Crippen molar-refractivity contribution >= 4 is 17.5 Å². The SMILES string of the molecule is O=C(c1ccoc1)N1CCOc2c(cc(-c3ncc(C(F)(F)F)cc3Cl)cc2OC[C@H]2CCCO2)C1. The van der Waals surface area contributed by atoms with Gasteiger partial charge in [-0.25, -0.2) is 0 Å². The van der Waals surface area contributed by atoms with Crippen LogP contribution >= 0.6 is 11.6 Å². The van der Waals surface area contributed by atoms with Crippen molar-refractivity contribution in [3.63, 3.8) is 0 Å². The number of nitrogens with zero attached hydrogens (tertiary/aromatic N) is 2. The molecule has 36 heavy (non-hydrogen) atoms. The average molecular weight is 523 g/mol. The minimum atomic E-state index is -4.57. The third-order valence-corrected chi connectivity index (χ3v) is 6.33. The van der Waals surface area contributed by atoms with E-state index in [1.165, 1.54) is 12.5 Å². The topological polar surface area (TPSA) is 74.0 Å². The third-order valence-electron chi connectivity index (χ3n) is 6.05. The number of alkyl halides is 3. The third kappa shape index (κ3) is 5.15. The number of benzene rings is 1. The summed E-state index contributed by atoms with van der Waals surface area (Å²) in [6.07, 6.45) is 0.699. The second-order valence-corrected chi connectivity index (χ2v) is 8.96. The molecule has 0 aliphatic carbocycles. The summed E-state index contributed by atoms with van der Waals surface area (Å²) in [6.45, 7) is 1.68. The number of fused-ring (bicyclic) bond motifs is 1. The van der Waals surface area contributed by atoms with Crippen LogP contribution in [0.15, 0.2) is 47.4 Å². The summed E-state index contributed by atoms with van der Waals surface area (Å²) in [4.78, 5) is 18.6. The fraction of sp³-hybridized carbons (Fsp3) is 0.360. The largest absolute Gasteiger partial charge is 0.487 e. The Morgan fingerprint density at radius 1 is 1.25 bits per heavy atom. The maximum atomic E-state index is 13.1. The van der Waals surface area contributed by atoms with E-state index in [1.54, 1.807) is 23.1 Å². The van der Waals surface area contributed by atoms with Gasteiger partial charge in [-0.05, 0) is 37.1 Å². The molecule has 0 saturated carbocycles. The molecule has 1 saturated heterocycles. The van der Waals surface area contributed by atoms with E-state index in [2.05, 4.69) is 4.98 Å². The Balaban J connectivity index is 1.52. The van der Waals surface area contributed by atoms with E-state index >= 15 is 0 Å². The van der Waals surface area contributed by atoms with Gasteiger partial charge in [0.15, 0.2) is 11.5 Å². The molecule has 1 atom stereocenters. The van der Waals surface area contributed by atoms with Crippen LogP contribution in [-0.2, 0) is 17.5 Å². The van der Waals surface area contributed by atoms with Crippen LogP contribution in [-0.4, -0.2) is 48.3 Å². The summed E-state index contributed by atoms with van der Waals surface area (Å²) in [6, 6.07) is 5.76. The number of aromatic nitrogens is 1. The molecule has 11 heteroatoms. The number of carbonyl (C=O) groups excluding carboxylic acids is 1. The van der Waals surface area contributed by atoms with Crippen LogP contribution in [0.1, 0.15) is 34.3 Å². The molecule has 2 aromatic heterocycles. The van der Waals surface area contributed by atoms with Gasteiger partial charge >= 0.3 is 6.18 Å². The monoisotopic (exact) mass is 522 g/mol. The Morgan fingerprint density at radius 3 is 2.81 bits per heavy atom. The van der Waals surface area contributed by atoms with Gasteiger partial charge in [-0.2, -0.15) is 13.2 Å². The first-order valence-electron chi connectivity index (χ1n) is 11.4. The fourth-order valence-corrected chi connectivity index (χ4v) is 4.51. The van der Waals surface area contributed by atoms with Crippen molar-refractivity contribution < 1.29 is 36.6 Å². The predicted molar refractivity (Wildman–Crippen MR) is 123 cm³/mol. The Kier molecular flexibility index (Phi) is 6.81. The van der Waals surface area contributed by atoms with Crippen molar-refractivity contribution in [2.24, 2.45) is 0 Å². The molecule has 0 unspecified atom stereocenters. The minimum absolute atomic E-state index is 0.0676. The van der Waals surface area contributed by atoms with Gasteiger partial charge in [-0.1, -0.05) is 11.6 Å². The zero-order valence-electron chi connectivity index (χ0n) is 19.0. The van der Waals surface area contributed by atoms with Crippen molar-refractivity contribution in [1.82, 2.24) is 9.88 Å². The molecule has 3 aromatic rings. The Bertz CT molecular complexity index is 1240. The van der Waals surface area contributed by atoms with Gasteiger partial charge in [0.05, 0.1) is 40.8 Å². The van der Waals surface area contributed by atoms with Gasteiger partial charge in [-0.3, -0.25) is 9.78 Å². The van der Waals surface area contributed by atoms with E-state index in [0.29, 0.717) is 41.3 Å². The molecular weight excluding hydrogens is 501 g/mol. The molecule has 1 amide bonds. The molecule has 2 aliphatic heterocycles. The van der Waals surface area contributed by atoms with E-state index < -0.39 is 11.7 Å². The van der Waals surface area contributed by atoms with Gasteiger partial charge in [0.1, 0.15) is 19.5 Å². The van der Waals surface area contributed by atoms with Gasteiger partial charge < -0.3 is 23.5 Å². The molecule has 7 nitrogen and oxygen atoms in total. The van der Waals surface area contributed by atoms with Crippen LogP contribution < -0.4 is 9.47 Å². The van der Waals surface area contributed by atoms with Crippen LogP contribution in [0.25, 0.3) is 11.3 Å². The smallest absolute Gasteiger partial charge is 0.417 e. The molecule has 2 aliphatic rings. The highest BCUT2D eigenvalue weighted by atomic mass is 35.5. The van der Waals surface area contributed by atoms with E-state index in [9.17, 15) is 18.0 Å². The Hall–Kier alpha value is -3.24. The number of hydrogen-bond donors (Lipinski definition) is 0. The highest BCUT2D eigenvalue weighted by molar-refractivity contribution is 6.33. The number of hydrogen-bond acceptors (Lipinski definition) is 6. The van der Waals surface area contributed by atoms with Crippen LogP contribution in [0.4, 0.5) is 13.2 Å². The molecular formula is C25H22ClF3N2O5. The van der Waals surface area contributed by atoms with Gasteiger partial charge in [0.25, 0.3) is 5.91 Å². The number of rotatable bonds is 5. The summed E-state index contributed by atoms with van der Waals surface area (Å²) >= 11 is 6.24. The number of pyridine rings is 1. The van der Waals surface area contributed by atoms with Crippen molar-refractivity contribution in [3.8, 4) is 22.8 Å². The van der Waals surface area contributed by atoms with E-state index in [4.69, 9.17) is 30.2 Å². The maximum absolute atomic E-state index is 13.1. The zero-order valence-corrected chi connectivity index (χ0v) is 19.8. The summed E-state index contributed by atoms with van der Waals surface area (Å²) in [5.41, 5.74) is 0.669. The molecule has 4 heterocycles. The number of ether oxygens (including phenoxy) is 3. The summed E-state index contributed by atoms with van der Waals surface area (Å²) in [7, 11) is 0. The summed E-state index contributed by atoms with van der Waals surface area (Å²) < 4.78 is 62.1. The number of carbonyl (C=O) groups is 1. The first kappa shape index (κ1) is 24.5. The van der Waals surface area contributed by atoms with Crippen molar-refractivity contribution in [2.45, 2.75) is 31.7 Å².